The molecule has 0 unspecified atom stereocenters. The van der Waals surface area contributed by atoms with Crippen LogP contribution < -0.4 is 0 Å². The van der Waals surface area contributed by atoms with E-state index in [1.165, 1.54) is 62.1 Å². The molecule has 0 amide bonds. The van der Waals surface area contributed by atoms with Crippen molar-refractivity contribution in [1.29, 1.82) is 0 Å². The summed E-state index contributed by atoms with van der Waals surface area (Å²) >= 11 is 0. The Balaban J connectivity index is 1.85. The molecule has 0 aromatic carbocycles. The van der Waals surface area contributed by atoms with E-state index in [0.29, 0.717) is 0 Å². The molecule has 0 bridgehead atoms. The molecule has 94 valence electrons. The summed E-state index contributed by atoms with van der Waals surface area (Å²) < 4.78 is 0. The highest BCUT2D eigenvalue weighted by atomic mass is 15.2. The van der Waals surface area contributed by atoms with Crippen molar-refractivity contribution in [2.75, 3.05) is 13.1 Å². The first-order valence-electron chi connectivity index (χ1n) is 7.06. The minimum Gasteiger partial charge on any atom is -0.300 e. The lowest BCUT2D eigenvalue weighted by atomic mass is 9.77. The standard InChI is InChI=1S/C14H23N3/c1-3-6-17-7-4-5-11-8-13-12(9-14(11)17)10(2)15-16-13/h11,14H,3-9H2,1-2H3,(H,15,16)/t11-,14-/m1/s1. The molecular weight excluding hydrogens is 210 g/mol. The molecular formula is C14H23N3. The fourth-order valence-corrected chi connectivity index (χ4v) is 3.71. The van der Waals surface area contributed by atoms with Crippen molar-refractivity contribution in [3.05, 3.63) is 17.0 Å². The average Bonchev–Trinajstić information content (AvgIpc) is 2.69. The molecule has 2 heterocycles. The van der Waals surface area contributed by atoms with Gasteiger partial charge < -0.3 is 0 Å². The number of likely N-dealkylation sites (tertiary alicyclic amines) is 1. The summed E-state index contributed by atoms with van der Waals surface area (Å²) in [7, 11) is 0. The molecule has 1 fully saturated rings. The van der Waals surface area contributed by atoms with Crippen LogP contribution in [0.25, 0.3) is 0 Å². The zero-order valence-electron chi connectivity index (χ0n) is 11.0. The van der Waals surface area contributed by atoms with Gasteiger partial charge in [0.1, 0.15) is 0 Å². The van der Waals surface area contributed by atoms with Crippen LogP contribution in [-0.4, -0.2) is 34.2 Å². The van der Waals surface area contributed by atoms with E-state index in [-0.39, 0.29) is 0 Å². The maximum Gasteiger partial charge on any atom is 0.0660 e. The lowest BCUT2D eigenvalue weighted by Gasteiger charge is -2.43. The maximum atomic E-state index is 4.47. The van der Waals surface area contributed by atoms with Crippen molar-refractivity contribution < 1.29 is 0 Å². The number of nitrogens with zero attached hydrogens (tertiary/aromatic N) is 2. The largest absolute Gasteiger partial charge is 0.300 e. The summed E-state index contributed by atoms with van der Waals surface area (Å²) in [6.07, 6.45) is 6.48. The summed E-state index contributed by atoms with van der Waals surface area (Å²) in [5, 5.41) is 7.64. The van der Waals surface area contributed by atoms with Crippen LogP contribution >= 0.6 is 0 Å². The molecule has 17 heavy (non-hydrogen) atoms. The fourth-order valence-electron chi connectivity index (χ4n) is 3.71. The van der Waals surface area contributed by atoms with Gasteiger partial charge in [-0.05, 0) is 63.6 Å². The van der Waals surface area contributed by atoms with Crippen LogP contribution in [0.1, 0.15) is 43.1 Å². The first kappa shape index (κ1) is 11.3. The summed E-state index contributed by atoms with van der Waals surface area (Å²) in [5.74, 6) is 0.852. The number of aromatic nitrogens is 2. The Labute approximate surface area is 104 Å². The number of hydrogen-bond acceptors (Lipinski definition) is 2. The van der Waals surface area contributed by atoms with E-state index < -0.39 is 0 Å². The number of piperidine rings is 1. The SMILES string of the molecule is CCCN1CCC[C@@H]2Cc3n[nH]c(C)c3C[C@H]21. The molecule has 3 heteroatoms. The molecule has 1 N–H and O–H groups in total. The highest BCUT2D eigenvalue weighted by Gasteiger charge is 2.36. The van der Waals surface area contributed by atoms with Gasteiger partial charge in [-0.2, -0.15) is 5.10 Å². The van der Waals surface area contributed by atoms with Gasteiger partial charge in [-0.15, -0.1) is 0 Å². The Morgan fingerprint density at radius 3 is 3.12 bits per heavy atom. The van der Waals surface area contributed by atoms with Gasteiger partial charge in [-0.3, -0.25) is 10.00 Å². The molecule has 0 radical (unpaired) electrons. The Morgan fingerprint density at radius 2 is 2.29 bits per heavy atom. The highest BCUT2D eigenvalue weighted by molar-refractivity contribution is 5.29. The number of rotatable bonds is 2. The van der Waals surface area contributed by atoms with E-state index >= 15 is 0 Å². The van der Waals surface area contributed by atoms with Gasteiger partial charge in [0.25, 0.3) is 0 Å². The van der Waals surface area contributed by atoms with Crippen LogP contribution in [0.15, 0.2) is 0 Å². The Hall–Kier alpha value is -0.830. The smallest absolute Gasteiger partial charge is 0.0660 e. The minimum atomic E-state index is 0.785. The third-order valence-corrected chi connectivity index (χ3v) is 4.57. The van der Waals surface area contributed by atoms with Gasteiger partial charge in [0.05, 0.1) is 5.69 Å². The molecule has 1 aromatic rings. The summed E-state index contributed by atoms with van der Waals surface area (Å²) in [5.41, 5.74) is 4.15. The molecule has 1 aliphatic carbocycles. The number of fused-ring (bicyclic) bond motifs is 2. The van der Waals surface area contributed by atoms with Crippen molar-refractivity contribution >= 4 is 0 Å². The predicted octanol–water partition coefficient (Wildman–Crippen LogP) is 2.31. The van der Waals surface area contributed by atoms with Crippen molar-refractivity contribution in [1.82, 2.24) is 15.1 Å². The van der Waals surface area contributed by atoms with Gasteiger partial charge >= 0.3 is 0 Å². The van der Waals surface area contributed by atoms with Gasteiger partial charge in [0, 0.05) is 11.7 Å². The first-order chi connectivity index (χ1) is 8.29. The number of hydrogen-bond donors (Lipinski definition) is 1. The van der Waals surface area contributed by atoms with E-state index in [0.717, 1.165) is 12.0 Å². The van der Waals surface area contributed by atoms with Crippen LogP contribution in [0.5, 0.6) is 0 Å². The van der Waals surface area contributed by atoms with Gasteiger partial charge in [-0.25, -0.2) is 0 Å². The molecule has 1 aliphatic heterocycles. The maximum absolute atomic E-state index is 4.47. The van der Waals surface area contributed by atoms with E-state index in [9.17, 15) is 0 Å². The van der Waals surface area contributed by atoms with Crippen molar-refractivity contribution in [2.45, 2.75) is 52.0 Å². The van der Waals surface area contributed by atoms with Gasteiger partial charge in [-0.1, -0.05) is 6.92 Å². The molecule has 1 saturated heterocycles. The van der Waals surface area contributed by atoms with E-state index in [4.69, 9.17) is 0 Å². The lowest BCUT2D eigenvalue weighted by molar-refractivity contribution is 0.0849. The van der Waals surface area contributed by atoms with Crippen molar-refractivity contribution in [3.8, 4) is 0 Å². The Kier molecular flexibility index (Phi) is 2.95. The van der Waals surface area contributed by atoms with Crippen LogP contribution in [-0.2, 0) is 12.8 Å². The predicted molar refractivity (Wildman–Crippen MR) is 69.1 cm³/mol. The topological polar surface area (TPSA) is 31.9 Å². The third-order valence-electron chi connectivity index (χ3n) is 4.57. The fraction of sp³-hybridized carbons (Fsp3) is 0.786. The number of nitrogens with one attached hydrogen (secondary N) is 1. The van der Waals surface area contributed by atoms with Crippen LogP contribution in [0, 0.1) is 12.8 Å². The lowest BCUT2D eigenvalue weighted by Crippen LogP contribution is -2.49. The zero-order valence-corrected chi connectivity index (χ0v) is 11.0. The zero-order chi connectivity index (χ0) is 11.8. The number of aryl methyl sites for hydroxylation is 1. The quantitative estimate of drug-likeness (QED) is 0.850. The number of H-pyrrole nitrogens is 1. The second-order valence-electron chi connectivity index (χ2n) is 5.69. The molecule has 0 saturated carbocycles. The molecule has 2 atom stereocenters. The first-order valence-corrected chi connectivity index (χ1v) is 7.06. The highest BCUT2D eigenvalue weighted by Crippen LogP contribution is 2.35. The summed E-state index contributed by atoms with van der Waals surface area (Å²) in [6.45, 7) is 7.04. The third kappa shape index (κ3) is 1.90. The molecule has 2 aliphatic rings. The molecule has 1 aromatic heterocycles. The molecule has 3 rings (SSSR count). The van der Waals surface area contributed by atoms with E-state index in [1.54, 1.807) is 0 Å². The second-order valence-corrected chi connectivity index (χ2v) is 5.69. The van der Waals surface area contributed by atoms with Crippen LogP contribution in [0.3, 0.4) is 0 Å². The van der Waals surface area contributed by atoms with E-state index in [1.807, 2.05) is 0 Å². The molecule has 3 nitrogen and oxygen atoms in total. The average molecular weight is 233 g/mol. The Bertz CT molecular complexity index is 394. The summed E-state index contributed by atoms with van der Waals surface area (Å²) in [6, 6.07) is 0.785. The van der Waals surface area contributed by atoms with Gasteiger partial charge in [0.2, 0.25) is 0 Å². The molecule has 0 spiro atoms. The second kappa shape index (κ2) is 4.45. The Morgan fingerprint density at radius 1 is 1.41 bits per heavy atom. The van der Waals surface area contributed by atoms with Gasteiger partial charge in [0.15, 0.2) is 0 Å². The number of aromatic amines is 1. The summed E-state index contributed by atoms with van der Waals surface area (Å²) in [4.78, 5) is 2.73. The van der Waals surface area contributed by atoms with E-state index in [2.05, 4.69) is 28.9 Å². The minimum absolute atomic E-state index is 0.785. The van der Waals surface area contributed by atoms with Crippen LogP contribution in [0.4, 0.5) is 0 Å². The normalized spacial score (nSPS) is 28.8. The van der Waals surface area contributed by atoms with Crippen molar-refractivity contribution in [2.24, 2.45) is 5.92 Å². The van der Waals surface area contributed by atoms with Crippen molar-refractivity contribution in [3.63, 3.8) is 0 Å². The van der Waals surface area contributed by atoms with Crippen LogP contribution in [0.2, 0.25) is 0 Å². The monoisotopic (exact) mass is 233 g/mol.